The molecule has 5 heteroatoms. The highest BCUT2D eigenvalue weighted by atomic mass is 19.1. The number of aryl methyl sites for hydroxylation is 1. The van der Waals surface area contributed by atoms with Crippen LogP contribution in [0.1, 0.15) is 17.0 Å². The molecule has 0 aliphatic carbocycles. The van der Waals surface area contributed by atoms with Crippen molar-refractivity contribution in [3.63, 3.8) is 0 Å². The van der Waals surface area contributed by atoms with Crippen molar-refractivity contribution >= 4 is 5.97 Å². The van der Waals surface area contributed by atoms with E-state index in [-0.39, 0.29) is 12.0 Å². The van der Waals surface area contributed by atoms with Gasteiger partial charge in [-0.25, -0.2) is 4.39 Å². The third kappa shape index (κ3) is 2.56. The standard InChI is InChI=1S/C13H13FN2O2/c1-16-8-9(7-15-16)6-11(13(17)18)10-4-2-3-5-12(10)14/h2-5,7-8,11H,6H2,1H3,(H,17,18). The summed E-state index contributed by atoms with van der Waals surface area (Å²) in [5, 5.41) is 13.2. The van der Waals surface area contributed by atoms with Gasteiger partial charge in [0, 0.05) is 18.8 Å². The lowest BCUT2D eigenvalue weighted by molar-refractivity contribution is -0.138. The van der Waals surface area contributed by atoms with Gasteiger partial charge < -0.3 is 5.11 Å². The number of halogens is 1. The number of rotatable bonds is 4. The van der Waals surface area contributed by atoms with Gasteiger partial charge in [0.2, 0.25) is 0 Å². The fourth-order valence-corrected chi connectivity index (χ4v) is 1.90. The second-order valence-corrected chi connectivity index (χ2v) is 4.14. The van der Waals surface area contributed by atoms with Gasteiger partial charge in [-0.3, -0.25) is 9.48 Å². The minimum Gasteiger partial charge on any atom is -0.481 e. The number of benzene rings is 1. The van der Waals surface area contributed by atoms with E-state index in [9.17, 15) is 14.3 Å². The number of aliphatic carboxylic acids is 1. The van der Waals surface area contributed by atoms with E-state index < -0.39 is 17.7 Å². The fourth-order valence-electron chi connectivity index (χ4n) is 1.90. The molecule has 1 heterocycles. The Kier molecular flexibility index (Phi) is 3.41. The van der Waals surface area contributed by atoms with Crippen molar-refractivity contribution in [3.8, 4) is 0 Å². The summed E-state index contributed by atoms with van der Waals surface area (Å²) in [6.07, 6.45) is 3.55. The summed E-state index contributed by atoms with van der Waals surface area (Å²) >= 11 is 0. The Morgan fingerprint density at radius 2 is 2.22 bits per heavy atom. The quantitative estimate of drug-likeness (QED) is 0.900. The fraction of sp³-hybridized carbons (Fsp3) is 0.231. The third-order valence-corrected chi connectivity index (χ3v) is 2.78. The highest BCUT2D eigenvalue weighted by Crippen LogP contribution is 2.23. The van der Waals surface area contributed by atoms with Crippen LogP contribution < -0.4 is 0 Å². The molecule has 1 unspecified atom stereocenters. The number of hydrogen-bond donors (Lipinski definition) is 1. The van der Waals surface area contributed by atoms with Crippen LogP contribution in [0, 0.1) is 5.82 Å². The zero-order valence-corrected chi connectivity index (χ0v) is 9.88. The smallest absolute Gasteiger partial charge is 0.311 e. The maximum Gasteiger partial charge on any atom is 0.311 e. The van der Waals surface area contributed by atoms with Crippen LogP contribution in [0.5, 0.6) is 0 Å². The Hall–Kier alpha value is -2.17. The Balaban J connectivity index is 2.30. The summed E-state index contributed by atoms with van der Waals surface area (Å²) in [7, 11) is 1.75. The minimum absolute atomic E-state index is 0.203. The molecule has 2 rings (SSSR count). The summed E-state index contributed by atoms with van der Waals surface area (Å²) in [5.74, 6) is -2.42. The van der Waals surface area contributed by atoms with Gasteiger partial charge in [0.15, 0.2) is 0 Å². The van der Waals surface area contributed by atoms with Crippen molar-refractivity contribution in [2.75, 3.05) is 0 Å². The highest BCUT2D eigenvalue weighted by molar-refractivity contribution is 5.76. The predicted octanol–water partition coefficient (Wildman–Crippen LogP) is 1.97. The summed E-state index contributed by atoms with van der Waals surface area (Å²) in [6.45, 7) is 0. The minimum atomic E-state index is -1.04. The number of carboxylic acids is 1. The molecule has 0 spiro atoms. The molecule has 0 fully saturated rings. The third-order valence-electron chi connectivity index (χ3n) is 2.78. The Morgan fingerprint density at radius 3 is 2.78 bits per heavy atom. The van der Waals surface area contributed by atoms with Crippen LogP contribution in [-0.4, -0.2) is 20.9 Å². The summed E-state index contributed by atoms with van der Waals surface area (Å²) in [6, 6.07) is 5.96. The average molecular weight is 248 g/mol. The van der Waals surface area contributed by atoms with E-state index in [4.69, 9.17) is 0 Å². The van der Waals surface area contributed by atoms with Gasteiger partial charge in [0.05, 0.1) is 12.1 Å². The monoisotopic (exact) mass is 248 g/mol. The van der Waals surface area contributed by atoms with Crippen molar-refractivity contribution in [2.24, 2.45) is 7.05 Å². The van der Waals surface area contributed by atoms with Gasteiger partial charge >= 0.3 is 5.97 Å². The van der Waals surface area contributed by atoms with Gasteiger partial charge in [-0.1, -0.05) is 18.2 Å². The SMILES string of the molecule is Cn1cc(CC(C(=O)O)c2ccccc2F)cn1. The summed E-state index contributed by atoms with van der Waals surface area (Å²) < 4.78 is 15.2. The lowest BCUT2D eigenvalue weighted by Crippen LogP contribution is -2.15. The molecule has 2 aromatic rings. The Labute approximate surface area is 104 Å². The molecule has 1 aromatic heterocycles. The molecular formula is C13H13FN2O2. The van der Waals surface area contributed by atoms with Crippen LogP contribution in [0.2, 0.25) is 0 Å². The lowest BCUT2D eigenvalue weighted by Gasteiger charge is -2.12. The van der Waals surface area contributed by atoms with Crippen molar-refractivity contribution in [1.82, 2.24) is 9.78 Å². The largest absolute Gasteiger partial charge is 0.481 e. The molecule has 0 amide bonds. The van der Waals surface area contributed by atoms with Crippen molar-refractivity contribution < 1.29 is 14.3 Å². The zero-order valence-electron chi connectivity index (χ0n) is 9.88. The van der Waals surface area contributed by atoms with E-state index >= 15 is 0 Å². The number of aromatic nitrogens is 2. The van der Waals surface area contributed by atoms with Crippen molar-refractivity contribution in [3.05, 3.63) is 53.6 Å². The second kappa shape index (κ2) is 5.00. The van der Waals surface area contributed by atoms with Gasteiger partial charge in [-0.2, -0.15) is 5.10 Å². The molecule has 1 N–H and O–H groups in total. The van der Waals surface area contributed by atoms with Crippen LogP contribution in [0.15, 0.2) is 36.7 Å². The van der Waals surface area contributed by atoms with Crippen LogP contribution in [0.3, 0.4) is 0 Å². The Bertz CT molecular complexity index is 566. The molecule has 94 valence electrons. The number of hydrogen-bond acceptors (Lipinski definition) is 2. The van der Waals surface area contributed by atoms with Gasteiger partial charge in [0.1, 0.15) is 5.82 Å². The normalized spacial score (nSPS) is 12.3. The number of nitrogens with zero attached hydrogens (tertiary/aromatic N) is 2. The number of carbonyl (C=O) groups is 1. The molecule has 0 aliphatic rings. The predicted molar refractivity (Wildman–Crippen MR) is 63.7 cm³/mol. The van der Waals surface area contributed by atoms with Crippen LogP contribution >= 0.6 is 0 Å². The van der Waals surface area contributed by atoms with Crippen molar-refractivity contribution in [2.45, 2.75) is 12.3 Å². The van der Waals surface area contributed by atoms with Gasteiger partial charge in [-0.05, 0) is 18.1 Å². The van der Waals surface area contributed by atoms with E-state index in [0.29, 0.717) is 0 Å². The van der Waals surface area contributed by atoms with E-state index in [2.05, 4.69) is 5.10 Å². The maximum absolute atomic E-state index is 13.6. The van der Waals surface area contributed by atoms with E-state index in [1.54, 1.807) is 36.3 Å². The van der Waals surface area contributed by atoms with E-state index in [1.807, 2.05) is 0 Å². The Morgan fingerprint density at radius 1 is 1.50 bits per heavy atom. The molecule has 18 heavy (non-hydrogen) atoms. The molecule has 0 saturated heterocycles. The molecule has 4 nitrogen and oxygen atoms in total. The first-order chi connectivity index (χ1) is 8.58. The molecule has 0 radical (unpaired) electrons. The van der Waals surface area contributed by atoms with Crippen LogP contribution in [-0.2, 0) is 18.3 Å². The molecular weight excluding hydrogens is 235 g/mol. The maximum atomic E-state index is 13.6. The van der Waals surface area contributed by atoms with Crippen LogP contribution in [0.4, 0.5) is 4.39 Å². The zero-order chi connectivity index (χ0) is 13.1. The molecule has 1 atom stereocenters. The second-order valence-electron chi connectivity index (χ2n) is 4.14. The average Bonchev–Trinajstić information content (AvgIpc) is 2.73. The topological polar surface area (TPSA) is 55.1 Å². The lowest BCUT2D eigenvalue weighted by atomic mass is 9.93. The first-order valence-corrected chi connectivity index (χ1v) is 5.52. The summed E-state index contributed by atoms with van der Waals surface area (Å²) in [4.78, 5) is 11.3. The van der Waals surface area contributed by atoms with Gasteiger partial charge in [-0.15, -0.1) is 0 Å². The highest BCUT2D eigenvalue weighted by Gasteiger charge is 2.23. The first-order valence-electron chi connectivity index (χ1n) is 5.52. The molecule has 1 aromatic carbocycles. The summed E-state index contributed by atoms with van der Waals surface area (Å²) in [5.41, 5.74) is 0.974. The molecule has 0 aliphatic heterocycles. The van der Waals surface area contributed by atoms with E-state index in [1.165, 1.54) is 12.1 Å². The van der Waals surface area contributed by atoms with Gasteiger partial charge in [0.25, 0.3) is 0 Å². The first kappa shape index (κ1) is 12.3. The van der Waals surface area contributed by atoms with Crippen LogP contribution in [0.25, 0.3) is 0 Å². The molecule has 0 saturated carbocycles. The van der Waals surface area contributed by atoms with Crippen molar-refractivity contribution in [1.29, 1.82) is 0 Å². The number of carboxylic acid groups (broad SMARTS) is 1. The molecule has 0 bridgehead atoms. The van der Waals surface area contributed by atoms with E-state index in [0.717, 1.165) is 5.56 Å².